The summed E-state index contributed by atoms with van der Waals surface area (Å²) in [6.07, 6.45) is 4.14. The average Bonchev–Trinajstić information content (AvgIpc) is 3.07. The first-order chi connectivity index (χ1) is 13.7. The zero-order chi connectivity index (χ0) is 19.5. The SMILES string of the molecule is COc1ccccc1C(=O)N1CCCN(C(=O)c2ccc3c(c2)CCC3)CC1. The third-order valence-electron chi connectivity index (χ3n) is 5.75. The highest BCUT2D eigenvalue weighted by Gasteiger charge is 2.25. The lowest BCUT2D eigenvalue weighted by atomic mass is 10.1. The Morgan fingerprint density at radius 3 is 2.32 bits per heavy atom. The molecule has 2 aromatic carbocycles. The smallest absolute Gasteiger partial charge is 0.257 e. The highest BCUT2D eigenvalue weighted by atomic mass is 16.5. The molecule has 0 saturated carbocycles. The Morgan fingerprint density at radius 2 is 1.54 bits per heavy atom. The molecule has 1 fully saturated rings. The van der Waals surface area contributed by atoms with Gasteiger partial charge in [0.1, 0.15) is 5.75 Å². The first-order valence-corrected chi connectivity index (χ1v) is 10.0. The number of methoxy groups -OCH3 is 1. The Labute approximate surface area is 165 Å². The number of carbonyl (C=O) groups is 2. The fraction of sp³-hybridized carbons (Fsp3) is 0.391. The van der Waals surface area contributed by atoms with E-state index in [-0.39, 0.29) is 11.8 Å². The lowest BCUT2D eigenvalue weighted by molar-refractivity contribution is 0.0717. The molecular weight excluding hydrogens is 352 g/mol. The van der Waals surface area contributed by atoms with E-state index in [1.165, 1.54) is 17.5 Å². The van der Waals surface area contributed by atoms with Crippen LogP contribution in [0.15, 0.2) is 42.5 Å². The van der Waals surface area contributed by atoms with E-state index in [1.807, 2.05) is 28.0 Å². The number of aryl methyl sites for hydroxylation is 2. The molecule has 5 heteroatoms. The number of para-hydroxylation sites is 1. The number of amides is 2. The van der Waals surface area contributed by atoms with Gasteiger partial charge in [0.25, 0.3) is 11.8 Å². The summed E-state index contributed by atoms with van der Waals surface area (Å²) in [5.41, 5.74) is 4.03. The third-order valence-corrected chi connectivity index (χ3v) is 5.75. The number of fused-ring (bicyclic) bond motifs is 1. The fourth-order valence-corrected chi connectivity index (χ4v) is 4.20. The molecule has 0 aromatic heterocycles. The van der Waals surface area contributed by atoms with Gasteiger partial charge in [-0.3, -0.25) is 9.59 Å². The van der Waals surface area contributed by atoms with Crippen molar-refractivity contribution in [3.8, 4) is 5.75 Å². The van der Waals surface area contributed by atoms with Crippen molar-refractivity contribution in [2.75, 3.05) is 33.3 Å². The maximum absolute atomic E-state index is 13.0. The summed E-state index contributed by atoms with van der Waals surface area (Å²) in [6.45, 7) is 2.40. The number of hydrogen-bond donors (Lipinski definition) is 0. The molecular formula is C23H26N2O3. The van der Waals surface area contributed by atoms with Crippen LogP contribution in [0, 0.1) is 0 Å². The first-order valence-electron chi connectivity index (χ1n) is 10.0. The van der Waals surface area contributed by atoms with E-state index in [9.17, 15) is 9.59 Å². The minimum Gasteiger partial charge on any atom is -0.496 e. The van der Waals surface area contributed by atoms with E-state index in [0.717, 1.165) is 24.8 Å². The van der Waals surface area contributed by atoms with E-state index >= 15 is 0 Å². The number of rotatable bonds is 3. The second-order valence-electron chi connectivity index (χ2n) is 7.48. The minimum absolute atomic E-state index is 0.0377. The topological polar surface area (TPSA) is 49.9 Å². The number of carbonyl (C=O) groups excluding carboxylic acids is 2. The summed E-state index contributed by atoms with van der Waals surface area (Å²) < 4.78 is 5.33. The molecule has 0 atom stereocenters. The summed E-state index contributed by atoms with van der Waals surface area (Å²) >= 11 is 0. The molecule has 28 heavy (non-hydrogen) atoms. The molecule has 146 valence electrons. The van der Waals surface area contributed by atoms with Gasteiger partial charge < -0.3 is 14.5 Å². The summed E-state index contributed by atoms with van der Waals surface area (Å²) in [5.74, 6) is 0.619. The molecule has 0 bridgehead atoms. The third kappa shape index (κ3) is 3.61. The summed E-state index contributed by atoms with van der Waals surface area (Å²) in [7, 11) is 1.57. The Kier molecular flexibility index (Phi) is 5.33. The van der Waals surface area contributed by atoms with Crippen LogP contribution in [0.2, 0.25) is 0 Å². The quantitative estimate of drug-likeness (QED) is 0.824. The van der Waals surface area contributed by atoms with Gasteiger partial charge in [-0.2, -0.15) is 0 Å². The molecule has 5 nitrogen and oxygen atoms in total. The molecule has 2 aromatic rings. The van der Waals surface area contributed by atoms with Gasteiger partial charge in [-0.05, 0) is 61.1 Å². The van der Waals surface area contributed by atoms with E-state index in [1.54, 1.807) is 19.2 Å². The largest absolute Gasteiger partial charge is 0.496 e. The van der Waals surface area contributed by atoms with Gasteiger partial charge >= 0.3 is 0 Å². The lowest BCUT2D eigenvalue weighted by Gasteiger charge is -2.23. The van der Waals surface area contributed by atoms with Crippen molar-refractivity contribution in [3.63, 3.8) is 0 Å². The molecule has 4 rings (SSSR count). The van der Waals surface area contributed by atoms with Crippen LogP contribution in [-0.2, 0) is 12.8 Å². The molecule has 0 radical (unpaired) electrons. The molecule has 1 heterocycles. The van der Waals surface area contributed by atoms with Crippen molar-refractivity contribution in [3.05, 3.63) is 64.7 Å². The average molecular weight is 378 g/mol. The van der Waals surface area contributed by atoms with Crippen LogP contribution in [0.25, 0.3) is 0 Å². The van der Waals surface area contributed by atoms with Crippen LogP contribution in [0.1, 0.15) is 44.7 Å². The van der Waals surface area contributed by atoms with Crippen LogP contribution >= 0.6 is 0 Å². The monoisotopic (exact) mass is 378 g/mol. The normalized spacial score (nSPS) is 16.5. The predicted octanol–water partition coefficient (Wildman–Crippen LogP) is 3.17. The van der Waals surface area contributed by atoms with E-state index < -0.39 is 0 Å². The fourth-order valence-electron chi connectivity index (χ4n) is 4.20. The summed E-state index contributed by atoms with van der Waals surface area (Å²) in [5, 5.41) is 0. The predicted molar refractivity (Wildman–Crippen MR) is 108 cm³/mol. The summed E-state index contributed by atoms with van der Waals surface area (Å²) in [6, 6.07) is 13.4. The van der Waals surface area contributed by atoms with Crippen molar-refractivity contribution in [1.82, 2.24) is 9.80 Å². The van der Waals surface area contributed by atoms with Gasteiger partial charge in [-0.1, -0.05) is 18.2 Å². The second kappa shape index (κ2) is 8.05. The van der Waals surface area contributed by atoms with Crippen LogP contribution in [-0.4, -0.2) is 54.9 Å². The van der Waals surface area contributed by atoms with Gasteiger partial charge in [-0.25, -0.2) is 0 Å². The standard InChI is InChI=1S/C23H26N2O3/c1-28-21-9-3-2-8-20(21)23(27)25-13-5-12-24(14-15-25)22(26)19-11-10-17-6-4-7-18(17)16-19/h2-3,8-11,16H,4-7,12-15H2,1H3. The van der Waals surface area contributed by atoms with Gasteiger partial charge in [0.2, 0.25) is 0 Å². The molecule has 1 aliphatic carbocycles. The number of benzene rings is 2. The van der Waals surface area contributed by atoms with Crippen LogP contribution < -0.4 is 4.74 Å². The van der Waals surface area contributed by atoms with Gasteiger partial charge in [0, 0.05) is 31.7 Å². The van der Waals surface area contributed by atoms with Gasteiger partial charge in [0.15, 0.2) is 0 Å². The first kappa shape index (κ1) is 18.5. The molecule has 0 spiro atoms. The van der Waals surface area contributed by atoms with Crippen molar-refractivity contribution in [1.29, 1.82) is 0 Å². The molecule has 0 N–H and O–H groups in total. The lowest BCUT2D eigenvalue weighted by Crippen LogP contribution is -2.37. The minimum atomic E-state index is -0.0377. The van der Waals surface area contributed by atoms with E-state index in [0.29, 0.717) is 37.5 Å². The maximum Gasteiger partial charge on any atom is 0.257 e. The highest BCUT2D eigenvalue weighted by molar-refractivity contribution is 5.97. The van der Waals surface area contributed by atoms with E-state index in [4.69, 9.17) is 4.74 Å². The molecule has 2 amide bonds. The molecule has 1 saturated heterocycles. The maximum atomic E-state index is 13.0. The molecule has 1 aliphatic heterocycles. The van der Waals surface area contributed by atoms with Crippen LogP contribution in [0.4, 0.5) is 0 Å². The second-order valence-corrected chi connectivity index (χ2v) is 7.48. The van der Waals surface area contributed by atoms with Gasteiger partial charge in [-0.15, -0.1) is 0 Å². The zero-order valence-electron chi connectivity index (χ0n) is 16.3. The highest BCUT2D eigenvalue weighted by Crippen LogP contribution is 2.24. The molecule has 0 unspecified atom stereocenters. The number of ether oxygens (including phenoxy) is 1. The van der Waals surface area contributed by atoms with Crippen LogP contribution in [0.3, 0.4) is 0 Å². The Bertz CT molecular complexity index is 893. The Hall–Kier alpha value is -2.82. The van der Waals surface area contributed by atoms with Gasteiger partial charge in [0.05, 0.1) is 12.7 Å². The van der Waals surface area contributed by atoms with Crippen molar-refractivity contribution in [2.45, 2.75) is 25.7 Å². The number of hydrogen-bond acceptors (Lipinski definition) is 3. The Balaban J connectivity index is 1.45. The zero-order valence-corrected chi connectivity index (χ0v) is 16.3. The van der Waals surface area contributed by atoms with Crippen LogP contribution in [0.5, 0.6) is 5.75 Å². The van der Waals surface area contributed by atoms with Crippen molar-refractivity contribution in [2.24, 2.45) is 0 Å². The van der Waals surface area contributed by atoms with Crippen molar-refractivity contribution < 1.29 is 14.3 Å². The Morgan fingerprint density at radius 1 is 0.821 bits per heavy atom. The molecule has 2 aliphatic rings. The summed E-state index contributed by atoms with van der Waals surface area (Å²) in [4.78, 5) is 29.7. The number of nitrogens with zero attached hydrogens (tertiary/aromatic N) is 2. The van der Waals surface area contributed by atoms with Crippen molar-refractivity contribution >= 4 is 11.8 Å². The van der Waals surface area contributed by atoms with E-state index in [2.05, 4.69) is 12.1 Å².